The number of aliphatic imine (C=N–C) groups is 1. The zero-order chi connectivity index (χ0) is 21.3. The van der Waals surface area contributed by atoms with Gasteiger partial charge < -0.3 is 20.7 Å². The highest BCUT2D eigenvalue weighted by molar-refractivity contribution is 5.79. The van der Waals surface area contributed by atoms with Gasteiger partial charge in [0.2, 0.25) is 0 Å². The average Bonchev–Trinajstić information content (AvgIpc) is 2.69. The Hall–Kier alpha value is -2.81. The molecule has 0 aliphatic carbocycles. The molecular formula is C20H24F4N4O. The van der Waals surface area contributed by atoms with Crippen molar-refractivity contribution in [3.63, 3.8) is 0 Å². The number of rotatable bonds is 8. The number of halogens is 4. The number of ether oxygens (including phenoxy) is 1. The first-order valence-electron chi connectivity index (χ1n) is 8.95. The van der Waals surface area contributed by atoms with Crippen LogP contribution < -0.4 is 16.0 Å². The normalized spacial score (nSPS) is 12.0. The molecule has 3 N–H and O–H groups in total. The molecule has 29 heavy (non-hydrogen) atoms. The number of nitrogens with one attached hydrogen (secondary N) is 3. The predicted octanol–water partition coefficient (Wildman–Crippen LogP) is 3.77. The molecule has 0 radical (unpaired) electrons. The molecule has 0 atom stereocenters. The van der Waals surface area contributed by atoms with E-state index in [0.717, 1.165) is 23.4 Å². The maximum Gasteiger partial charge on any atom is 0.416 e. The summed E-state index contributed by atoms with van der Waals surface area (Å²) >= 11 is 0. The molecule has 0 saturated carbocycles. The Morgan fingerprint density at radius 3 is 2.34 bits per heavy atom. The van der Waals surface area contributed by atoms with Crippen LogP contribution >= 0.6 is 0 Å². The van der Waals surface area contributed by atoms with Gasteiger partial charge in [0.15, 0.2) is 5.96 Å². The van der Waals surface area contributed by atoms with Crippen LogP contribution in [0.5, 0.6) is 0 Å². The Labute approximate surface area is 167 Å². The van der Waals surface area contributed by atoms with Gasteiger partial charge >= 0.3 is 6.18 Å². The summed E-state index contributed by atoms with van der Waals surface area (Å²) in [6, 6.07) is 10.3. The number of anilines is 1. The van der Waals surface area contributed by atoms with Crippen LogP contribution in [0.4, 0.5) is 23.2 Å². The lowest BCUT2D eigenvalue weighted by atomic mass is 10.1. The fourth-order valence-electron chi connectivity index (χ4n) is 2.59. The van der Waals surface area contributed by atoms with E-state index in [0.29, 0.717) is 31.7 Å². The van der Waals surface area contributed by atoms with Crippen molar-refractivity contribution in [3.8, 4) is 0 Å². The molecule has 0 aliphatic heterocycles. The summed E-state index contributed by atoms with van der Waals surface area (Å²) in [6.07, 6.45) is -4.63. The van der Waals surface area contributed by atoms with Crippen molar-refractivity contribution >= 4 is 11.6 Å². The molecule has 158 valence electrons. The van der Waals surface area contributed by atoms with Gasteiger partial charge in [0.05, 0.1) is 12.2 Å². The van der Waals surface area contributed by atoms with Gasteiger partial charge in [-0.25, -0.2) is 4.39 Å². The van der Waals surface area contributed by atoms with Crippen molar-refractivity contribution in [1.29, 1.82) is 0 Å². The molecule has 0 bridgehead atoms. The Kier molecular flexibility index (Phi) is 8.26. The molecule has 2 aromatic rings. The monoisotopic (exact) mass is 412 g/mol. The molecule has 0 aliphatic rings. The average molecular weight is 412 g/mol. The van der Waals surface area contributed by atoms with Crippen molar-refractivity contribution in [1.82, 2.24) is 10.6 Å². The lowest BCUT2D eigenvalue weighted by Crippen LogP contribution is -2.36. The van der Waals surface area contributed by atoms with Gasteiger partial charge in [0.25, 0.3) is 0 Å². The van der Waals surface area contributed by atoms with Gasteiger partial charge in [-0.3, -0.25) is 4.99 Å². The van der Waals surface area contributed by atoms with E-state index < -0.39 is 17.6 Å². The number of benzene rings is 2. The molecule has 2 rings (SSSR count). The van der Waals surface area contributed by atoms with E-state index in [1.807, 2.05) is 24.3 Å². The summed E-state index contributed by atoms with van der Waals surface area (Å²) < 4.78 is 57.4. The van der Waals surface area contributed by atoms with E-state index >= 15 is 0 Å². The minimum Gasteiger partial charge on any atom is -0.383 e. The first-order chi connectivity index (χ1) is 13.8. The zero-order valence-corrected chi connectivity index (χ0v) is 16.2. The minimum absolute atomic E-state index is 0.0617. The molecule has 0 amide bonds. The third-order valence-corrected chi connectivity index (χ3v) is 4.10. The lowest BCUT2D eigenvalue weighted by Gasteiger charge is -2.16. The van der Waals surface area contributed by atoms with Gasteiger partial charge in [0, 0.05) is 39.5 Å². The standard InChI is InChI=1S/C20H24F4N4O/c1-25-19(27-12-14-3-7-17(8-4-14)26-9-10-29-2)28-13-15-5-6-16(21)11-18(15)20(22,23)24/h3-8,11,26H,9-10,12-13H2,1-2H3,(H2,25,27,28). The third-order valence-electron chi connectivity index (χ3n) is 4.10. The van der Waals surface area contributed by atoms with Crippen LogP contribution in [0.15, 0.2) is 47.5 Å². The van der Waals surface area contributed by atoms with Crippen LogP contribution in [0.2, 0.25) is 0 Å². The topological polar surface area (TPSA) is 57.7 Å². The van der Waals surface area contributed by atoms with Gasteiger partial charge in [-0.15, -0.1) is 0 Å². The lowest BCUT2D eigenvalue weighted by molar-refractivity contribution is -0.138. The smallest absolute Gasteiger partial charge is 0.383 e. The number of nitrogens with zero attached hydrogens (tertiary/aromatic N) is 1. The van der Waals surface area contributed by atoms with E-state index in [2.05, 4.69) is 20.9 Å². The van der Waals surface area contributed by atoms with Crippen molar-refractivity contribution < 1.29 is 22.3 Å². The first kappa shape index (κ1) is 22.5. The van der Waals surface area contributed by atoms with Crippen molar-refractivity contribution in [2.24, 2.45) is 4.99 Å². The van der Waals surface area contributed by atoms with Crippen LogP contribution in [0.1, 0.15) is 16.7 Å². The summed E-state index contributed by atoms with van der Waals surface area (Å²) in [5.74, 6) is -0.589. The van der Waals surface area contributed by atoms with Crippen LogP contribution in [0, 0.1) is 5.82 Å². The summed E-state index contributed by atoms with van der Waals surface area (Å²) in [7, 11) is 3.16. The molecule has 0 saturated heterocycles. The maximum atomic E-state index is 13.2. The minimum atomic E-state index is -4.63. The van der Waals surface area contributed by atoms with E-state index in [1.165, 1.54) is 7.05 Å². The quantitative estimate of drug-likeness (QED) is 0.267. The SMILES string of the molecule is CN=C(NCc1ccc(NCCOC)cc1)NCc1ccc(F)cc1C(F)(F)F. The van der Waals surface area contributed by atoms with Crippen LogP contribution in [0.3, 0.4) is 0 Å². The number of hydrogen-bond acceptors (Lipinski definition) is 3. The highest BCUT2D eigenvalue weighted by Crippen LogP contribution is 2.32. The molecule has 2 aromatic carbocycles. The Morgan fingerprint density at radius 1 is 1.03 bits per heavy atom. The van der Waals surface area contributed by atoms with Crippen LogP contribution in [-0.4, -0.2) is 33.3 Å². The fraction of sp³-hybridized carbons (Fsp3) is 0.350. The first-order valence-corrected chi connectivity index (χ1v) is 8.95. The zero-order valence-electron chi connectivity index (χ0n) is 16.2. The van der Waals surface area contributed by atoms with E-state index in [1.54, 1.807) is 7.11 Å². The van der Waals surface area contributed by atoms with Crippen molar-refractivity contribution in [2.75, 3.05) is 32.6 Å². The molecular weight excluding hydrogens is 388 g/mol. The highest BCUT2D eigenvalue weighted by Gasteiger charge is 2.33. The van der Waals surface area contributed by atoms with Crippen LogP contribution in [-0.2, 0) is 24.0 Å². The second kappa shape index (κ2) is 10.7. The Bertz CT molecular complexity index is 807. The largest absolute Gasteiger partial charge is 0.416 e. The van der Waals surface area contributed by atoms with Crippen molar-refractivity contribution in [2.45, 2.75) is 19.3 Å². The van der Waals surface area contributed by atoms with E-state index in [9.17, 15) is 17.6 Å². The Morgan fingerprint density at radius 2 is 1.72 bits per heavy atom. The Balaban J connectivity index is 1.90. The maximum absolute atomic E-state index is 13.2. The number of guanidine groups is 1. The summed E-state index contributed by atoms with van der Waals surface area (Å²) in [5.41, 5.74) is 0.873. The molecule has 0 unspecified atom stereocenters. The molecule has 0 fully saturated rings. The van der Waals surface area contributed by atoms with Crippen LogP contribution in [0.25, 0.3) is 0 Å². The van der Waals surface area contributed by atoms with Gasteiger partial charge in [0.1, 0.15) is 5.82 Å². The fourth-order valence-corrected chi connectivity index (χ4v) is 2.59. The third kappa shape index (κ3) is 7.26. The van der Waals surface area contributed by atoms with Gasteiger partial charge in [-0.2, -0.15) is 13.2 Å². The predicted molar refractivity (Wildman–Crippen MR) is 105 cm³/mol. The van der Waals surface area contributed by atoms with E-state index in [4.69, 9.17) is 4.74 Å². The highest BCUT2D eigenvalue weighted by atomic mass is 19.4. The molecule has 0 aromatic heterocycles. The van der Waals surface area contributed by atoms with Gasteiger partial charge in [-0.1, -0.05) is 18.2 Å². The van der Waals surface area contributed by atoms with Crippen molar-refractivity contribution in [3.05, 3.63) is 65.0 Å². The summed E-state index contributed by atoms with van der Waals surface area (Å²) in [5, 5.41) is 9.07. The second-order valence-corrected chi connectivity index (χ2v) is 6.20. The molecule has 9 heteroatoms. The second-order valence-electron chi connectivity index (χ2n) is 6.20. The van der Waals surface area contributed by atoms with Gasteiger partial charge in [-0.05, 0) is 35.4 Å². The molecule has 0 spiro atoms. The number of hydrogen-bond donors (Lipinski definition) is 3. The summed E-state index contributed by atoms with van der Waals surface area (Å²) in [4.78, 5) is 4.01. The number of alkyl halides is 3. The van der Waals surface area contributed by atoms with E-state index in [-0.39, 0.29) is 12.1 Å². The molecule has 0 heterocycles. The summed E-state index contributed by atoms with van der Waals surface area (Å²) in [6.45, 7) is 1.61. The molecule has 5 nitrogen and oxygen atoms in total. The number of methoxy groups -OCH3 is 1.